The van der Waals surface area contributed by atoms with Gasteiger partial charge in [-0.15, -0.1) is 0 Å². The van der Waals surface area contributed by atoms with Gasteiger partial charge in [-0.25, -0.2) is 0 Å². The summed E-state index contributed by atoms with van der Waals surface area (Å²) >= 11 is 0. The molecule has 0 saturated heterocycles. The van der Waals surface area contributed by atoms with Crippen molar-refractivity contribution >= 4 is 5.91 Å². The number of likely N-dealkylation sites (N-methyl/N-ethyl adjacent to an activating group) is 1. The molecule has 2 atom stereocenters. The Hall–Kier alpha value is -0.570. The molecule has 0 aromatic rings. The zero-order chi connectivity index (χ0) is 11.8. The average Bonchev–Trinajstić information content (AvgIpc) is 2.97. The number of rotatable bonds is 4. The number of nitrogens with two attached hydrogens (primary N) is 1. The Labute approximate surface area is 93.0 Å². The Morgan fingerprint density at radius 3 is 2.20 bits per heavy atom. The van der Waals surface area contributed by atoms with Crippen LogP contribution in [0.4, 0.5) is 0 Å². The molecular formula is C12H24N2O. The summed E-state index contributed by atoms with van der Waals surface area (Å²) < 4.78 is 0. The minimum absolute atomic E-state index is 0.0891. The SMILES string of the molecule is CC(C)C(C)N(C)C(=O)C(C)(N)C1CC1. The molecule has 0 aliphatic heterocycles. The first kappa shape index (κ1) is 12.5. The molecule has 0 heterocycles. The summed E-state index contributed by atoms with van der Waals surface area (Å²) in [5.41, 5.74) is 5.46. The highest BCUT2D eigenvalue weighted by Gasteiger charge is 2.46. The molecule has 1 aliphatic carbocycles. The van der Waals surface area contributed by atoms with Gasteiger partial charge in [0.1, 0.15) is 0 Å². The highest BCUT2D eigenvalue weighted by molar-refractivity contribution is 5.86. The van der Waals surface area contributed by atoms with Crippen molar-refractivity contribution in [2.75, 3.05) is 7.05 Å². The molecule has 3 nitrogen and oxygen atoms in total. The van der Waals surface area contributed by atoms with Crippen LogP contribution in [0.15, 0.2) is 0 Å². The van der Waals surface area contributed by atoms with E-state index in [0.29, 0.717) is 11.8 Å². The Bertz CT molecular complexity index is 244. The summed E-state index contributed by atoms with van der Waals surface area (Å²) in [4.78, 5) is 14.0. The van der Waals surface area contributed by atoms with Crippen LogP contribution in [-0.2, 0) is 4.79 Å². The van der Waals surface area contributed by atoms with E-state index in [9.17, 15) is 4.79 Å². The zero-order valence-corrected chi connectivity index (χ0v) is 10.6. The molecule has 88 valence electrons. The molecule has 1 rings (SSSR count). The van der Waals surface area contributed by atoms with Crippen LogP contribution in [0.1, 0.15) is 40.5 Å². The van der Waals surface area contributed by atoms with E-state index in [2.05, 4.69) is 20.8 Å². The maximum absolute atomic E-state index is 12.2. The fraction of sp³-hybridized carbons (Fsp3) is 0.917. The molecule has 0 spiro atoms. The summed E-state index contributed by atoms with van der Waals surface area (Å²) in [6.07, 6.45) is 2.20. The lowest BCUT2D eigenvalue weighted by atomic mass is 9.93. The fourth-order valence-electron chi connectivity index (χ4n) is 1.87. The van der Waals surface area contributed by atoms with Crippen molar-refractivity contribution in [2.24, 2.45) is 17.6 Å². The van der Waals surface area contributed by atoms with Crippen LogP contribution in [0.2, 0.25) is 0 Å². The predicted molar refractivity (Wildman–Crippen MR) is 62.4 cm³/mol. The zero-order valence-electron chi connectivity index (χ0n) is 10.6. The average molecular weight is 212 g/mol. The maximum atomic E-state index is 12.2. The second-order valence-corrected chi connectivity index (χ2v) is 5.46. The molecule has 1 amide bonds. The molecule has 3 heteroatoms. The van der Waals surface area contributed by atoms with Crippen LogP contribution < -0.4 is 5.73 Å². The Morgan fingerprint density at radius 1 is 1.40 bits per heavy atom. The third kappa shape index (κ3) is 2.51. The van der Waals surface area contributed by atoms with Crippen molar-refractivity contribution in [3.05, 3.63) is 0 Å². The van der Waals surface area contributed by atoms with Gasteiger partial charge in [-0.1, -0.05) is 13.8 Å². The van der Waals surface area contributed by atoms with Crippen LogP contribution in [0.5, 0.6) is 0 Å². The van der Waals surface area contributed by atoms with Gasteiger partial charge in [-0.3, -0.25) is 4.79 Å². The fourth-order valence-corrected chi connectivity index (χ4v) is 1.87. The molecule has 2 N–H and O–H groups in total. The molecule has 1 fully saturated rings. The van der Waals surface area contributed by atoms with Gasteiger partial charge in [-0.05, 0) is 38.5 Å². The smallest absolute Gasteiger partial charge is 0.242 e. The highest BCUT2D eigenvalue weighted by atomic mass is 16.2. The monoisotopic (exact) mass is 212 g/mol. The van der Waals surface area contributed by atoms with Crippen molar-refractivity contribution in [1.82, 2.24) is 4.90 Å². The Balaban J connectivity index is 2.66. The number of hydrogen-bond acceptors (Lipinski definition) is 2. The highest BCUT2D eigenvalue weighted by Crippen LogP contribution is 2.39. The molecule has 15 heavy (non-hydrogen) atoms. The van der Waals surface area contributed by atoms with Crippen molar-refractivity contribution in [2.45, 2.75) is 52.1 Å². The number of carbonyl (C=O) groups excluding carboxylic acids is 1. The minimum atomic E-state index is -0.655. The number of nitrogens with zero attached hydrogens (tertiary/aromatic N) is 1. The van der Waals surface area contributed by atoms with E-state index in [-0.39, 0.29) is 11.9 Å². The van der Waals surface area contributed by atoms with E-state index in [4.69, 9.17) is 5.73 Å². The second-order valence-electron chi connectivity index (χ2n) is 5.46. The molecule has 1 aliphatic rings. The third-order valence-corrected chi connectivity index (χ3v) is 3.78. The van der Waals surface area contributed by atoms with E-state index >= 15 is 0 Å². The van der Waals surface area contributed by atoms with Crippen LogP contribution >= 0.6 is 0 Å². The van der Waals surface area contributed by atoms with Gasteiger partial charge in [0.15, 0.2) is 0 Å². The van der Waals surface area contributed by atoms with Gasteiger partial charge in [-0.2, -0.15) is 0 Å². The van der Waals surface area contributed by atoms with Crippen molar-refractivity contribution < 1.29 is 4.79 Å². The summed E-state index contributed by atoms with van der Waals surface area (Å²) in [5, 5.41) is 0. The lowest BCUT2D eigenvalue weighted by Gasteiger charge is -2.35. The standard InChI is InChI=1S/C12H24N2O/c1-8(2)9(3)14(5)11(15)12(4,13)10-6-7-10/h8-10H,6-7,13H2,1-5H3. The minimum Gasteiger partial charge on any atom is -0.341 e. The quantitative estimate of drug-likeness (QED) is 0.769. The van der Waals surface area contributed by atoms with Crippen molar-refractivity contribution in [1.29, 1.82) is 0 Å². The Morgan fingerprint density at radius 2 is 1.87 bits per heavy atom. The van der Waals surface area contributed by atoms with Crippen LogP contribution in [0.25, 0.3) is 0 Å². The summed E-state index contributed by atoms with van der Waals surface area (Å²) in [6, 6.07) is 0.249. The van der Waals surface area contributed by atoms with Gasteiger partial charge in [0.25, 0.3) is 0 Å². The number of amides is 1. The lowest BCUT2D eigenvalue weighted by Crippen LogP contribution is -2.56. The van der Waals surface area contributed by atoms with Gasteiger partial charge in [0.2, 0.25) is 5.91 Å². The van der Waals surface area contributed by atoms with Gasteiger partial charge in [0, 0.05) is 13.1 Å². The number of hydrogen-bond donors (Lipinski definition) is 1. The molecule has 0 bridgehead atoms. The second kappa shape index (κ2) is 4.12. The van der Waals surface area contributed by atoms with Gasteiger partial charge < -0.3 is 10.6 Å². The first-order valence-corrected chi connectivity index (χ1v) is 5.84. The van der Waals surface area contributed by atoms with E-state index in [1.54, 1.807) is 0 Å². The first-order chi connectivity index (χ1) is 6.78. The molecule has 0 radical (unpaired) electrons. The number of carbonyl (C=O) groups is 1. The Kier molecular flexibility index (Phi) is 3.44. The van der Waals surface area contributed by atoms with E-state index in [0.717, 1.165) is 12.8 Å². The van der Waals surface area contributed by atoms with Crippen LogP contribution in [0, 0.1) is 11.8 Å². The molecular weight excluding hydrogens is 188 g/mol. The van der Waals surface area contributed by atoms with E-state index < -0.39 is 5.54 Å². The van der Waals surface area contributed by atoms with Crippen molar-refractivity contribution in [3.8, 4) is 0 Å². The molecule has 2 unspecified atom stereocenters. The van der Waals surface area contributed by atoms with E-state index in [1.807, 2.05) is 18.9 Å². The summed E-state index contributed by atoms with van der Waals surface area (Å²) in [5.74, 6) is 0.951. The summed E-state index contributed by atoms with van der Waals surface area (Å²) in [7, 11) is 1.86. The van der Waals surface area contributed by atoms with Crippen molar-refractivity contribution in [3.63, 3.8) is 0 Å². The van der Waals surface area contributed by atoms with Gasteiger partial charge in [0.05, 0.1) is 5.54 Å². The normalized spacial score (nSPS) is 22.3. The maximum Gasteiger partial charge on any atom is 0.242 e. The molecule has 0 aromatic carbocycles. The third-order valence-electron chi connectivity index (χ3n) is 3.78. The van der Waals surface area contributed by atoms with E-state index in [1.165, 1.54) is 0 Å². The van der Waals surface area contributed by atoms with Crippen LogP contribution in [-0.4, -0.2) is 29.4 Å². The topological polar surface area (TPSA) is 46.3 Å². The molecule has 1 saturated carbocycles. The van der Waals surface area contributed by atoms with Crippen LogP contribution in [0.3, 0.4) is 0 Å². The first-order valence-electron chi connectivity index (χ1n) is 5.84. The molecule has 0 aromatic heterocycles. The largest absolute Gasteiger partial charge is 0.341 e. The van der Waals surface area contributed by atoms with Gasteiger partial charge >= 0.3 is 0 Å². The predicted octanol–water partition coefficient (Wildman–Crippen LogP) is 1.62. The lowest BCUT2D eigenvalue weighted by molar-refractivity contribution is -0.138. The summed E-state index contributed by atoms with van der Waals surface area (Å²) in [6.45, 7) is 8.20.